The Hall–Kier alpha value is -0.0800. The molecule has 2 heteroatoms. The van der Waals surface area contributed by atoms with Crippen molar-refractivity contribution in [1.29, 1.82) is 0 Å². The van der Waals surface area contributed by atoms with Crippen LogP contribution in [0.2, 0.25) is 0 Å². The van der Waals surface area contributed by atoms with Crippen molar-refractivity contribution in [2.24, 2.45) is 16.7 Å². The van der Waals surface area contributed by atoms with E-state index in [0.717, 1.165) is 18.8 Å². The summed E-state index contributed by atoms with van der Waals surface area (Å²) in [5, 5.41) is 3.78. The fraction of sp³-hybridized carbons (Fsp3) is 1.00. The van der Waals surface area contributed by atoms with Gasteiger partial charge in [0.1, 0.15) is 0 Å². The van der Waals surface area contributed by atoms with Crippen LogP contribution in [0.1, 0.15) is 54.4 Å². The van der Waals surface area contributed by atoms with E-state index in [1.54, 1.807) is 0 Å². The Morgan fingerprint density at radius 3 is 1.88 bits per heavy atom. The van der Waals surface area contributed by atoms with Gasteiger partial charge >= 0.3 is 0 Å². The second-order valence-corrected chi connectivity index (χ2v) is 7.33. The fourth-order valence-corrected chi connectivity index (χ4v) is 3.70. The zero-order valence-corrected chi connectivity index (χ0v) is 12.3. The van der Waals surface area contributed by atoms with Crippen LogP contribution in [0, 0.1) is 16.7 Å². The quantitative estimate of drug-likeness (QED) is 0.816. The smallest absolute Gasteiger partial charge is 0.0565 e. The molecule has 2 rings (SSSR count). The zero-order chi connectivity index (χ0) is 12.8. The summed E-state index contributed by atoms with van der Waals surface area (Å²) in [5.41, 5.74) is 1.00. The molecule has 2 atom stereocenters. The molecule has 17 heavy (non-hydrogen) atoms. The molecule has 1 N–H and O–H groups in total. The Labute approximate surface area is 107 Å². The highest BCUT2D eigenvalue weighted by molar-refractivity contribution is 5.13. The molecule has 2 aliphatic rings. The van der Waals surface area contributed by atoms with Gasteiger partial charge in [0.15, 0.2) is 0 Å². The van der Waals surface area contributed by atoms with E-state index in [1.165, 1.54) is 6.54 Å². The molecule has 0 aromatic heterocycles. The molecule has 2 nitrogen and oxygen atoms in total. The second-order valence-electron chi connectivity index (χ2n) is 7.33. The summed E-state index contributed by atoms with van der Waals surface area (Å²) in [6.07, 6.45) is 3.16. The average Bonchev–Trinajstić information content (AvgIpc) is 2.53. The second kappa shape index (κ2) is 4.24. The molecule has 1 aliphatic heterocycles. The normalized spacial score (nSPS) is 40.2. The molecule has 0 aromatic rings. The highest BCUT2D eigenvalue weighted by atomic mass is 16.5. The highest BCUT2D eigenvalue weighted by Crippen LogP contribution is 2.67. The first-order valence-corrected chi connectivity index (χ1v) is 7.14. The molecule has 1 aliphatic carbocycles. The van der Waals surface area contributed by atoms with Gasteiger partial charge in [-0.3, -0.25) is 0 Å². The van der Waals surface area contributed by atoms with Gasteiger partial charge < -0.3 is 10.1 Å². The maximum atomic E-state index is 5.78. The summed E-state index contributed by atoms with van der Waals surface area (Å²) in [6.45, 7) is 15.1. The molecule has 0 bridgehead atoms. The molecular weight excluding hydrogens is 210 g/mol. The minimum absolute atomic E-state index is 0.413. The Morgan fingerprint density at radius 2 is 1.47 bits per heavy atom. The van der Waals surface area contributed by atoms with Crippen molar-refractivity contribution in [3.8, 4) is 0 Å². The van der Waals surface area contributed by atoms with Crippen LogP contribution in [0.15, 0.2) is 0 Å². The molecule has 0 aromatic carbocycles. The van der Waals surface area contributed by atoms with Crippen molar-refractivity contribution in [3.05, 3.63) is 0 Å². The summed E-state index contributed by atoms with van der Waals surface area (Å²) < 4.78 is 5.78. The predicted molar refractivity (Wildman–Crippen MR) is 72.1 cm³/mol. The van der Waals surface area contributed by atoms with E-state index in [9.17, 15) is 0 Å². The maximum absolute atomic E-state index is 5.78. The van der Waals surface area contributed by atoms with Gasteiger partial charge in [0, 0.05) is 6.04 Å². The van der Waals surface area contributed by atoms with Gasteiger partial charge in [-0.1, -0.05) is 27.7 Å². The number of hydrogen-bond acceptors (Lipinski definition) is 2. The molecule has 0 radical (unpaired) electrons. The lowest BCUT2D eigenvalue weighted by molar-refractivity contribution is -0.0422. The van der Waals surface area contributed by atoms with Crippen molar-refractivity contribution in [1.82, 2.24) is 5.32 Å². The summed E-state index contributed by atoms with van der Waals surface area (Å²) >= 11 is 0. The van der Waals surface area contributed by atoms with E-state index >= 15 is 0 Å². The molecule has 0 spiro atoms. The zero-order valence-electron chi connectivity index (χ0n) is 12.3. The van der Waals surface area contributed by atoms with E-state index < -0.39 is 0 Å². The SMILES string of the molecule is CC1CC(NCC2C(C)(C)C2(C)C)CC(C)O1. The maximum Gasteiger partial charge on any atom is 0.0565 e. The summed E-state index contributed by atoms with van der Waals surface area (Å²) in [4.78, 5) is 0. The van der Waals surface area contributed by atoms with Gasteiger partial charge in [0.2, 0.25) is 0 Å². The Bertz CT molecular complexity index is 261. The van der Waals surface area contributed by atoms with Gasteiger partial charge in [-0.25, -0.2) is 0 Å². The van der Waals surface area contributed by atoms with Crippen LogP contribution < -0.4 is 5.32 Å². The molecule has 0 amide bonds. The van der Waals surface area contributed by atoms with Crippen LogP contribution in [0.5, 0.6) is 0 Å². The standard InChI is InChI=1S/C15H29NO/c1-10-7-12(8-11(2)17-10)16-9-13-14(3,4)15(13,5)6/h10-13,16H,7-9H2,1-6H3. The predicted octanol–water partition coefficient (Wildman–Crippen LogP) is 3.21. The molecule has 1 saturated heterocycles. The van der Waals surface area contributed by atoms with Gasteiger partial charge in [0.05, 0.1) is 12.2 Å². The first kappa shape index (κ1) is 13.4. The molecule has 2 fully saturated rings. The fourth-order valence-electron chi connectivity index (χ4n) is 3.70. The van der Waals surface area contributed by atoms with Gasteiger partial charge in [-0.15, -0.1) is 0 Å². The van der Waals surface area contributed by atoms with Crippen LogP contribution >= 0.6 is 0 Å². The first-order chi connectivity index (χ1) is 7.75. The number of rotatable bonds is 3. The van der Waals surface area contributed by atoms with Crippen molar-refractivity contribution in [2.45, 2.75) is 72.6 Å². The van der Waals surface area contributed by atoms with E-state index in [-0.39, 0.29) is 0 Å². The summed E-state index contributed by atoms with van der Waals surface area (Å²) in [6, 6.07) is 0.654. The molecule has 100 valence electrons. The van der Waals surface area contributed by atoms with Crippen molar-refractivity contribution < 1.29 is 4.74 Å². The largest absolute Gasteiger partial charge is 0.375 e. The lowest BCUT2D eigenvalue weighted by Crippen LogP contribution is -2.42. The van der Waals surface area contributed by atoms with Crippen molar-refractivity contribution in [3.63, 3.8) is 0 Å². The third-order valence-electron chi connectivity index (χ3n) is 5.63. The van der Waals surface area contributed by atoms with Crippen LogP contribution in [0.4, 0.5) is 0 Å². The lowest BCUT2D eigenvalue weighted by atomic mass is 9.99. The van der Waals surface area contributed by atoms with Crippen molar-refractivity contribution in [2.75, 3.05) is 6.54 Å². The number of nitrogens with one attached hydrogen (secondary N) is 1. The summed E-state index contributed by atoms with van der Waals surface area (Å²) in [5.74, 6) is 0.823. The average molecular weight is 239 g/mol. The van der Waals surface area contributed by atoms with Crippen molar-refractivity contribution >= 4 is 0 Å². The first-order valence-electron chi connectivity index (χ1n) is 7.14. The van der Waals surface area contributed by atoms with Crippen LogP contribution in [0.3, 0.4) is 0 Å². The highest BCUT2D eigenvalue weighted by Gasteiger charge is 2.63. The summed E-state index contributed by atoms with van der Waals surface area (Å²) in [7, 11) is 0. The third-order valence-corrected chi connectivity index (χ3v) is 5.63. The van der Waals surface area contributed by atoms with Crippen LogP contribution in [-0.4, -0.2) is 24.8 Å². The van der Waals surface area contributed by atoms with E-state index in [4.69, 9.17) is 4.74 Å². The number of hydrogen-bond donors (Lipinski definition) is 1. The van der Waals surface area contributed by atoms with Crippen LogP contribution in [0.25, 0.3) is 0 Å². The third kappa shape index (κ3) is 2.39. The molecule has 1 heterocycles. The van der Waals surface area contributed by atoms with Gasteiger partial charge in [-0.2, -0.15) is 0 Å². The minimum Gasteiger partial charge on any atom is -0.375 e. The molecule has 1 saturated carbocycles. The topological polar surface area (TPSA) is 21.3 Å². The monoisotopic (exact) mass is 239 g/mol. The van der Waals surface area contributed by atoms with Crippen LogP contribution in [-0.2, 0) is 4.74 Å². The van der Waals surface area contributed by atoms with E-state index in [1.807, 2.05) is 0 Å². The Morgan fingerprint density at radius 1 is 1.00 bits per heavy atom. The van der Waals surface area contributed by atoms with Gasteiger partial charge in [0.25, 0.3) is 0 Å². The molecule has 2 unspecified atom stereocenters. The Kier molecular flexibility index (Phi) is 3.33. The van der Waals surface area contributed by atoms with E-state index in [2.05, 4.69) is 46.9 Å². The van der Waals surface area contributed by atoms with Gasteiger partial charge in [-0.05, 0) is 50.0 Å². The number of ether oxygens (including phenoxy) is 1. The minimum atomic E-state index is 0.413. The Balaban J connectivity index is 1.80. The van der Waals surface area contributed by atoms with E-state index in [0.29, 0.717) is 29.1 Å². The lowest BCUT2D eigenvalue weighted by Gasteiger charge is -2.32. The molecular formula is C15H29NO.